The molecule has 2 aliphatic heterocycles. The molecule has 13 heteroatoms. The zero-order valence-corrected chi connectivity index (χ0v) is 31.0. The van der Waals surface area contributed by atoms with Crippen molar-refractivity contribution in [2.75, 3.05) is 41.7 Å². The van der Waals surface area contributed by atoms with Gasteiger partial charge in [-0.3, -0.25) is 9.59 Å². The summed E-state index contributed by atoms with van der Waals surface area (Å²) < 4.78 is 46.2. The Labute approximate surface area is 321 Å². The monoisotopic (exact) mass is 762 g/mol. The Morgan fingerprint density at radius 2 is 1.25 bits per heavy atom. The first kappa shape index (κ1) is 37.4. The molecule has 0 bridgehead atoms. The van der Waals surface area contributed by atoms with Crippen molar-refractivity contribution in [3.05, 3.63) is 113 Å². The number of benzene rings is 5. The van der Waals surface area contributed by atoms with Crippen molar-refractivity contribution in [1.29, 1.82) is 0 Å². The number of esters is 1. The number of Topliss-reactive ketones (excluding diaryl/α,β-unsaturated/α-hetero) is 2. The van der Waals surface area contributed by atoms with Crippen LogP contribution in [0.2, 0.25) is 0 Å². The van der Waals surface area contributed by atoms with Gasteiger partial charge in [0.15, 0.2) is 46.1 Å². The van der Waals surface area contributed by atoms with Crippen molar-refractivity contribution in [2.24, 2.45) is 11.8 Å². The fourth-order valence-electron chi connectivity index (χ4n) is 6.87. The predicted molar refractivity (Wildman–Crippen MR) is 201 cm³/mol. The Morgan fingerprint density at radius 3 is 1.91 bits per heavy atom. The number of hydrogen-bond donors (Lipinski definition) is 2. The SMILES string of the molecule is COc1ccc(CC2COc3cc(OC)c(O)c(Oc4c(OC)c(OC)c(O)c5c4OCC(Cc4ccccc4)C5=O)c3C2=O)cc1OC(=O)c1ccccc1. The van der Waals surface area contributed by atoms with Crippen molar-refractivity contribution >= 4 is 17.5 Å². The molecule has 13 nitrogen and oxygen atoms in total. The molecular weight excluding hydrogens is 724 g/mol. The van der Waals surface area contributed by atoms with E-state index in [4.69, 9.17) is 37.9 Å². The van der Waals surface area contributed by atoms with Gasteiger partial charge in [-0.2, -0.15) is 0 Å². The summed E-state index contributed by atoms with van der Waals surface area (Å²) in [4.78, 5) is 41.3. The number of phenolic OH excluding ortho intramolecular Hbond substituents is 2. The van der Waals surface area contributed by atoms with Crippen LogP contribution in [0.25, 0.3) is 0 Å². The lowest BCUT2D eigenvalue weighted by atomic mass is 9.88. The number of rotatable bonds is 12. The van der Waals surface area contributed by atoms with E-state index in [0.717, 1.165) is 5.56 Å². The second-order valence-corrected chi connectivity index (χ2v) is 13.1. The van der Waals surface area contributed by atoms with Crippen LogP contribution in [0, 0.1) is 11.8 Å². The van der Waals surface area contributed by atoms with E-state index in [1.54, 1.807) is 48.5 Å². The Bertz CT molecular complexity index is 2300. The molecule has 0 spiro atoms. The summed E-state index contributed by atoms with van der Waals surface area (Å²) in [6.45, 7) is -0.112. The Kier molecular flexibility index (Phi) is 10.6. The van der Waals surface area contributed by atoms with Crippen LogP contribution in [0.4, 0.5) is 0 Å². The molecule has 2 aliphatic rings. The molecule has 56 heavy (non-hydrogen) atoms. The number of hydrogen-bond acceptors (Lipinski definition) is 13. The van der Waals surface area contributed by atoms with E-state index in [2.05, 4.69) is 0 Å². The minimum absolute atomic E-state index is 0.0451. The summed E-state index contributed by atoms with van der Waals surface area (Å²) in [7, 11) is 5.35. The first-order chi connectivity index (χ1) is 27.2. The number of ether oxygens (including phenoxy) is 8. The van der Waals surface area contributed by atoms with E-state index in [-0.39, 0.29) is 76.8 Å². The van der Waals surface area contributed by atoms with Crippen molar-refractivity contribution in [3.63, 3.8) is 0 Å². The number of methoxy groups -OCH3 is 4. The predicted octanol–water partition coefficient (Wildman–Crippen LogP) is 7.01. The Balaban J connectivity index is 1.25. The second kappa shape index (κ2) is 15.8. The summed E-state index contributed by atoms with van der Waals surface area (Å²) in [5.74, 6) is -4.64. The summed E-state index contributed by atoms with van der Waals surface area (Å²) in [5.41, 5.74) is 1.55. The Morgan fingerprint density at radius 1 is 0.625 bits per heavy atom. The minimum atomic E-state index is -0.801. The van der Waals surface area contributed by atoms with E-state index >= 15 is 0 Å². The number of aromatic hydroxyl groups is 2. The maximum absolute atomic E-state index is 14.4. The van der Waals surface area contributed by atoms with E-state index < -0.39 is 40.9 Å². The van der Waals surface area contributed by atoms with Crippen LogP contribution in [0.1, 0.15) is 42.2 Å². The third-order valence-electron chi connectivity index (χ3n) is 9.66. The van der Waals surface area contributed by atoms with Gasteiger partial charge in [-0.15, -0.1) is 0 Å². The van der Waals surface area contributed by atoms with Gasteiger partial charge in [0.2, 0.25) is 23.0 Å². The summed E-state index contributed by atoms with van der Waals surface area (Å²) in [5, 5.41) is 22.9. The molecule has 0 saturated carbocycles. The van der Waals surface area contributed by atoms with Crippen LogP contribution in [-0.2, 0) is 12.8 Å². The molecule has 7 rings (SSSR count). The molecule has 0 radical (unpaired) electrons. The molecule has 2 heterocycles. The van der Waals surface area contributed by atoms with Gasteiger partial charge in [-0.25, -0.2) is 4.79 Å². The smallest absolute Gasteiger partial charge is 0.343 e. The molecule has 0 aliphatic carbocycles. The molecule has 5 aromatic carbocycles. The molecule has 2 N–H and O–H groups in total. The molecule has 2 atom stereocenters. The van der Waals surface area contributed by atoms with Gasteiger partial charge in [0, 0.05) is 6.07 Å². The van der Waals surface area contributed by atoms with Gasteiger partial charge in [0.25, 0.3) is 0 Å². The number of fused-ring (bicyclic) bond motifs is 2. The third-order valence-corrected chi connectivity index (χ3v) is 9.66. The molecular formula is C43H38O13. The highest BCUT2D eigenvalue weighted by Gasteiger charge is 2.41. The fourth-order valence-corrected chi connectivity index (χ4v) is 6.87. The van der Waals surface area contributed by atoms with Crippen molar-refractivity contribution in [2.45, 2.75) is 12.8 Å². The highest BCUT2D eigenvalue weighted by Crippen LogP contribution is 2.58. The van der Waals surface area contributed by atoms with Crippen LogP contribution >= 0.6 is 0 Å². The van der Waals surface area contributed by atoms with Crippen molar-refractivity contribution in [3.8, 4) is 63.2 Å². The van der Waals surface area contributed by atoms with E-state index in [9.17, 15) is 24.6 Å². The van der Waals surface area contributed by atoms with Crippen molar-refractivity contribution < 1.29 is 62.5 Å². The average Bonchev–Trinajstić information content (AvgIpc) is 3.22. The zero-order chi connectivity index (χ0) is 39.5. The first-order valence-electron chi connectivity index (χ1n) is 17.6. The number of ketones is 2. The molecule has 0 amide bonds. The number of phenols is 2. The van der Waals surface area contributed by atoms with Gasteiger partial charge in [0.05, 0.1) is 59.1 Å². The average molecular weight is 763 g/mol. The quantitative estimate of drug-likeness (QED) is 0.0986. The van der Waals surface area contributed by atoms with Gasteiger partial charge < -0.3 is 48.1 Å². The molecule has 5 aromatic rings. The molecule has 0 fully saturated rings. The van der Waals surface area contributed by atoms with Gasteiger partial charge >= 0.3 is 5.97 Å². The van der Waals surface area contributed by atoms with Gasteiger partial charge in [-0.1, -0.05) is 54.6 Å². The van der Waals surface area contributed by atoms with Crippen LogP contribution in [0.15, 0.2) is 84.9 Å². The third kappa shape index (κ3) is 6.94. The lowest BCUT2D eigenvalue weighted by Gasteiger charge is -2.30. The zero-order valence-electron chi connectivity index (χ0n) is 31.0. The van der Waals surface area contributed by atoms with E-state index in [0.29, 0.717) is 23.3 Å². The summed E-state index contributed by atoms with van der Waals surface area (Å²) in [6, 6.07) is 24.2. The van der Waals surface area contributed by atoms with Crippen LogP contribution in [0.3, 0.4) is 0 Å². The molecule has 288 valence electrons. The summed E-state index contributed by atoms with van der Waals surface area (Å²) in [6.07, 6.45) is 0.474. The highest BCUT2D eigenvalue weighted by molar-refractivity contribution is 6.07. The van der Waals surface area contributed by atoms with Gasteiger partial charge in [-0.05, 0) is 48.2 Å². The van der Waals surface area contributed by atoms with Crippen LogP contribution < -0.4 is 37.9 Å². The molecule has 0 aromatic heterocycles. The first-order valence-corrected chi connectivity index (χ1v) is 17.6. The second-order valence-electron chi connectivity index (χ2n) is 13.1. The van der Waals surface area contributed by atoms with E-state index in [1.165, 1.54) is 34.5 Å². The van der Waals surface area contributed by atoms with Crippen LogP contribution in [0.5, 0.6) is 63.2 Å². The summed E-state index contributed by atoms with van der Waals surface area (Å²) >= 11 is 0. The minimum Gasteiger partial charge on any atom is -0.504 e. The maximum atomic E-state index is 14.4. The lowest BCUT2D eigenvalue weighted by molar-refractivity contribution is 0.0727. The molecule has 0 saturated heterocycles. The molecule has 2 unspecified atom stereocenters. The van der Waals surface area contributed by atoms with Crippen LogP contribution in [-0.4, -0.2) is 69.4 Å². The Hall–Kier alpha value is -6.89. The maximum Gasteiger partial charge on any atom is 0.343 e. The number of carbonyl (C=O) groups is 3. The highest BCUT2D eigenvalue weighted by atomic mass is 16.6. The van der Waals surface area contributed by atoms with Gasteiger partial charge in [0.1, 0.15) is 16.9 Å². The topological polar surface area (TPSA) is 166 Å². The fraction of sp³-hybridized carbons (Fsp3) is 0.233. The van der Waals surface area contributed by atoms with Crippen molar-refractivity contribution in [1.82, 2.24) is 0 Å². The lowest BCUT2D eigenvalue weighted by Crippen LogP contribution is -2.31. The standard InChI is InChI=1S/C43H38O13/c1-49-28-16-15-24(19-29(28)55-43(48)25-13-9-6-10-14-25)18-27-21-53-30-20-31(50-2)36(46)38(32(30)34(27)44)56-42-39-33(37(47)40(51-3)41(42)52-4)35(45)26(22-54-39)17-23-11-7-5-8-12-23/h5-16,19-20,26-27,46-47H,17-18,21-22H2,1-4H3. The number of carbonyl (C=O) groups excluding carboxylic acids is 3. The largest absolute Gasteiger partial charge is 0.504 e. The normalized spacial score (nSPS) is 15.7. The van der Waals surface area contributed by atoms with E-state index in [1.807, 2.05) is 30.3 Å².